The summed E-state index contributed by atoms with van der Waals surface area (Å²) >= 11 is 0. The molecule has 4 heteroatoms. The first kappa shape index (κ1) is 13.6. The Balaban J connectivity index is 2.02. The van der Waals surface area contributed by atoms with Gasteiger partial charge < -0.3 is 5.32 Å². The van der Waals surface area contributed by atoms with E-state index in [-0.39, 0.29) is 24.0 Å². The lowest BCUT2D eigenvalue weighted by atomic mass is 10.1. The third-order valence-electron chi connectivity index (χ3n) is 3.00. The predicted molar refractivity (Wildman–Crippen MR) is 68.0 cm³/mol. The summed E-state index contributed by atoms with van der Waals surface area (Å²) in [5.74, 6) is -1.98. The second-order valence-electron chi connectivity index (χ2n) is 4.37. The topological polar surface area (TPSA) is 12.0 Å². The smallest absolute Gasteiger partial charge is 0.163 e. The fourth-order valence-electron chi connectivity index (χ4n) is 1.82. The molecule has 0 saturated carbocycles. The minimum atomic E-state index is -0.853. The molecule has 1 atom stereocenters. The lowest BCUT2D eigenvalue weighted by molar-refractivity contribution is 0.484. The Morgan fingerprint density at radius 1 is 1.00 bits per heavy atom. The number of benzene rings is 2. The van der Waals surface area contributed by atoms with Gasteiger partial charge in [-0.3, -0.25) is 0 Å². The predicted octanol–water partition coefficient (Wildman–Crippen LogP) is 3.95. The van der Waals surface area contributed by atoms with Gasteiger partial charge in [-0.2, -0.15) is 0 Å². The maximum atomic E-state index is 13.4. The van der Waals surface area contributed by atoms with E-state index in [0.717, 1.165) is 11.6 Å². The summed E-state index contributed by atoms with van der Waals surface area (Å²) in [7, 11) is 0. The Labute approximate surface area is 110 Å². The second-order valence-corrected chi connectivity index (χ2v) is 4.37. The van der Waals surface area contributed by atoms with Gasteiger partial charge in [0.25, 0.3) is 0 Å². The fourth-order valence-corrected chi connectivity index (χ4v) is 1.82. The highest BCUT2D eigenvalue weighted by molar-refractivity contribution is 5.21. The molecule has 0 aromatic heterocycles. The number of hydrogen-bond donors (Lipinski definition) is 1. The molecule has 0 bridgehead atoms. The maximum absolute atomic E-state index is 13.4. The Morgan fingerprint density at radius 3 is 2.37 bits per heavy atom. The standard InChI is InChI=1S/C15H14F3N/c1-10(11-5-7-13(16)8-6-11)19-9-12-3-2-4-14(17)15(12)18/h2-8,10,19H,9H2,1H3. The van der Waals surface area contributed by atoms with Gasteiger partial charge in [0, 0.05) is 18.2 Å². The molecule has 0 spiro atoms. The third-order valence-corrected chi connectivity index (χ3v) is 3.00. The quantitative estimate of drug-likeness (QED) is 0.882. The average molecular weight is 265 g/mol. The van der Waals surface area contributed by atoms with E-state index in [1.165, 1.54) is 24.3 Å². The van der Waals surface area contributed by atoms with Crippen molar-refractivity contribution in [3.63, 3.8) is 0 Å². The molecule has 2 aromatic rings. The van der Waals surface area contributed by atoms with Crippen LogP contribution >= 0.6 is 0 Å². The van der Waals surface area contributed by atoms with Crippen LogP contribution in [0.4, 0.5) is 13.2 Å². The summed E-state index contributed by atoms with van der Waals surface area (Å²) in [6, 6.07) is 10.1. The molecule has 100 valence electrons. The Morgan fingerprint density at radius 2 is 1.68 bits per heavy atom. The summed E-state index contributed by atoms with van der Waals surface area (Å²) in [6.07, 6.45) is 0. The molecule has 0 aliphatic rings. The van der Waals surface area contributed by atoms with E-state index in [1.54, 1.807) is 12.1 Å². The highest BCUT2D eigenvalue weighted by atomic mass is 19.2. The van der Waals surface area contributed by atoms with Crippen LogP contribution in [0.1, 0.15) is 24.1 Å². The van der Waals surface area contributed by atoms with Crippen molar-refractivity contribution in [1.29, 1.82) is 0 Å². The molecule has 19 heavy (non-hydrogen) atoms. The van der Waals surface area contributed by atoms with E-state index in [0.29, 0.717) is 0 Å². The minimum absolute atomic E-state index is 0.0803. The Kier molecular flexibility index (Phi) is 4.22. The number of nitrogens with one attached hydrogen (secondary N) is 1. The zero-order valence-corrected chi connectivity index (χ0v) is 10.5. The van der Waals surface area contributed by atoms with Crippen molar-refractivity contribution in [1.82, 2.24) is 5.32 Å². The van der Waals surface area contributed by atoms with Crippen LogP contribution in [0.5, 0.6) is 0 Å². The van der Waals surface area contributed by atoms with Gasteiger partial charge in [-0.05, 0) is 30.7 Å². The lowest BCUT2D eigenvalue weighted by Gasteiger charge is -2.14. The van der Waals surface area contributed by atoms with Crippen molar-refractivity contribution in [2.75, 3.05) is 0 Å². The maximum Gasteiger partial charge on any atom is 0.163 e. The van der Waals surface area contributed by atoms with Crippen LogP contribution in [0.3, 0.4) is 0 Å². The first-order valence-electron chi connectivity index (χ1n) is 5.99. The molecule has 0 radical (unpaired) electrons. The average Bonchev–Trinajstić information content (AvgIpc) is 2.41. The van der Waals surface area contributed by atoms with Crippen LogP contribution in [0.15, 0.2) is 42.5 Å². The molecule has 1 unspecified atom stereocenters. The van der Waals surface area contributed by atoms with Gasteiger partial charge >= 0.3 is 0 Å². The van der Waals surface area contributed by atoms with E-state index >= 15 is 0 Å². The Bertz CT molecular complexity index is 552. The van der Waals surface area contributed by atoms with Gasteiger partial charge in [0.15, 0.2) is 11.6 Å². The van der Waals surface area contributed by atoms with Crippen LogP contribution in [0.25, 0.3) is 0 Å². The molecule has 1 nitrogen and oxygen atoms in total. The minimum Gasteiger partial charge on any atom is -0.306 e. The van der Waals surface area contributed by atoms with Crippen molar-refractivity contribution >= 4 is 0 Å². The molecule has 0 saturated heterocycles. The second kappa shape index (κ2) is 5.89. The molecule has 0 aliphatic heterocycles. The van der Waals surface area contributed by atoms with Crippen LogP contribution < -0.4 is 5.32 Å². The zero-order chi connectivity index (χ0) is 13.8. The van der Waals surface area contributed by atoms with Gasteiger partial charge in [0.1, 0.15) is 5.82 Å². The zero-order valence-electron chi connectivity index (χ0n) is 10.5. The summed E-state index contributed by atoms with van der Waals surface area (Å²) in [6.45, 7) is 2.09. The van der Waals surface area contributed by atoms with E-state index in [1.807, 2.05) is 6.92 Å². The number of hydrogen-bond acceptors (Lipinski definition) is 1. The number of halogens is 3. The van der Waals surface area contributed by atoms with E-state index < -0.39 is 11.6 Å². The van der Waals surface area contributed by atoms with E-state index in [9.17, 15) is 13.2 Å². The molecular weight excluding hydrogens is 251 g/mol. The molecule has 2 rings (SSSR count). The molecule has 0 fully saturated rings. The molecule has 1 N–H and O–H groups in total. The summed E-state index contributed by atoms with van der Waals surface area (Å²) in [4.78, 5) is 0. The highest BCUT2D eigenvalue weighted by Gasteiger charge is 2.09. The summed E-state index contributed by atoms with van der Waals surface area (Å²) in [5, 5.41) is 3.07. The van der Waals surface area contributed by atoms with Crippen molar-refractivity contribution in [3.8, 4) is 0 Å². The SMILES string of the molecule is CC(NCc1cccc(F)c1F)c1ccc(F)cc1. The van der Waals surface area contributed by atoms with Crippen LogP contribution in [0.2, 0.25) is 0 Å². The van der Waals surface area contributed by atoms with Crippen molar-refractivity contribution in [2.45, 2.75) is 19.5 Å². The van der Waals surface area contributed by atoms with Crippen LogP contribution in [-0.4, -0.2) is 0 Å². The molecule has 2 aromatic carbocycles. The van der Waals surface area contributed by atoms with Crippen molar-refractivity contribution in [2.24, 2.45) is 0 Å². The Hall–Kier alpha value is -1.81. The van der Waals surface area contributed by atoms with E-state index in [2.05, 4.69) is 5.32 Å². The molecule has 0 aliphatic carbocycles. The largest absolute Gasteiger partial charge is 0.306 e. The summed E-state index contributed by atoms with van der Waals surface area (Å²) in [5.41, 5.74) is 1.16. The van der Waals surface area contributed by atoms with Crippen LogP contribution in [-0.2, 0) is 6.54 Å². The van der Waals surface area contributed by atoms with Gasteiger partial charge in [0.2, 0.25) is 0 Å². The first-order chi connectivity index (χ1) is 9.08. The summed E-state index contributed by atoms with van der Waals surface area (Å²) < 4.78 is 39.3. The van der Waals surface area contributed by atoms with Gasteiger partial charge in [0.05, 0.1) is 0 Å². The van der Waals surface area contributed by atoms with Crippen molar-refractivity contribution in [3.05, 3.63) is 71.0 Å². The monoisotopic (exact) mass is 265 g/mol. The van der Waals surface area contributed by atoms with E-state index in [4.69, 9.17) is 0 Å². The van der Waals surface area contributed by atoms with Gasteiger partial charge in [-0.15, -0.1) is 0 Å². The molecular formula is C15H14F3N. The highest BCUT2D eigenvalue weighted by Crippen LogP contribution is 2.15. The van der Waals surface area contributed by atoms with Gasteiger partial charge in [-0.25, -0.2) is 13.2 Å². The number of rotatable bonds is 4. The van der Waals surface area contributed by atoms with Crippen LogP contribution in [0, 0.1) is 17.5 Å². The third kappa shape index (κ3) is 3.35. The first-order valence-corrected chi connectivity index (χ1v) is 5.99. The fraction of sp³-hybridized carbons (Fsp3) is 0.200. The molecule has 0 amide bonds. The van der Waals surface area contributed by atoms with Crippen molar-refractivity contribution < 1.29 is 13.2 Å². The molecule has 0 heterocycles. The van der Waals surface area contributed by atoms with Gasteiger partial charge in [-0.1, -0.05) is 24.3 Å². The normalized spacial score (nSPS) is 12.4. The lowest BCUT2D eigenvalue weighted by Crippen LogP contribution is -2.19.